The topological polar surface area (TPSA) is 213 Å². The van der Waals surface area contributed by atoms with Crippen LogP contribution in [0.15, 0.2) is 54.9 Å². The van der Waals surface area contributed by atoms with Crippen LogP contribution in [0, 0.1) is 6.92 Å². The van der Waals surface area contributed by atoms with E-state index >= 15 is 0 Å². The number of amides is 7. The van der Waals surface area contributed by atoms with Gasteiger partial charge in [-0.05, 0) is 70.9 Å². The number of aryl methyl sites for hydroxylation is 1. The van der Waals surface area contributed by atoms with E-state index in [1.54, 1.807) is 41.2 Å². The molecule has 4 aliphatic heterocycles. The molecule has 55 heavy (non-hydrogen) atoms. The first-order valence-electron chi connectivity index (χ1n) is 19.1. The molecular formula is C39H56N8O8. The lowest BCUT2D eigenvalue weighted by Gasteiger charge is -2.38. The quantitative estimate of drug-likeness (QED) is 0.338. The van der Waals surface area contributed by atoms with Crippen LogP contribution < -0.4 is 21.7 Å². The third-order valence-electron chi connectivity index (χ3n) is 9.35. The number of urea groups is 1. The van der Waals surface area contributed by atoms with Gasteiger partial charge in [-0.2, -0.15) is 0 Å². The Bertz CT molecular complexity index is 1590. The van der Waals surface area contributed by atoms with Gasteiger partial charge in [-0.1, -0.05) is 49.7 Å². The number of pyridine rings is 1. The first-order valence-corrected chi connectivity index (χ1v) is 19.1. The van der Waals surface area contributed by atoms with Gasteiger partial charge >= 0.3 is 12.0 Å². The minimum atomic E-state index is -0.813. The first-order chi connectivity index (χ1) is 26.5. The summed E-state index contributed by atoms with van der Waals surface area (Å²) < 4.78 is 5.33. The zero-order valence-electron chi connectivity index (χ0n) is 32.3. The second-order valence-corrected chi connectivity index (χ2v) is 13.3. The minimum absolute atomic E-state index is 0.00347. The number of cyclic esters (lactones) is 1. The number of benzene rings is 1. The summed E-state index contributed by atoms with van der Waals surface area (Å²) in [6, 6.07) is 10.3. The van der Waals surface area contributed by atoms with Gasteiger partial charge in [-0.15, -0.1) is 0 Å². The van der Waals surface area contributed by atoms with Crippen LogP contribution in [-0.2, 0) is 33.5 Å². The number of ether oxygens (including phenoxy) is 1. The molecule has 2 aromatic rings. The van der Waals surface area contributed by atoms with E-state index in [0.29, 0.717) is 51.0 Å². The molecule has 16 nitrogen and oxygen atoms in total. The Hall–Kier alpha value is -5.54. The molecule has 4 fully saturated rings. The summed E-state index contributed by atoms with van der Waals surface area (Å²) in [5.41, 5.74) is 6.76. The zero-order valence-corrected chi connectivity index (χ0v) is 32.3. The molecule has 4 saturated heterocycles. The maximum absolute atomic E-state index is 13.4. The number of anilines is 1. The molecule has 0 saturated carbocycles. The number of hydrogen-bond donors (Lipinski definition) is 4. The maximum atomic E-state index is 13.4. The Morgan fingerprint density at radius 1 is 0.818 bits per heavy atom. The number of nitrogens with two attached hydrogens (primary N) is 1. The van der Waals surface area contributed by atoms with E-state index in [-0.39, 0.29) is 43.2 Å². The predicted octanol–water partition coefficient (Wildman–Crippen LogP) is 2.51. The molecule has 0 bridgehead atoms. The van der Waals surface area contributed by atoms with Gasteiger partial charge < -0.3 is 41.1 Å². The Labute approximate surface area is 322 Å². The molecule has 16 heteroatoms. The molecule has 5 N–H and O–H groups in total. The number of hydrogen-bond acceptors (Lipinski definition) is 9. The van der Waals surface area contributed by atoms with E-state index < -0.39 is 42.1 Å². The lowest BCUT2D eigenvalue weighted by Crippen LogP contribution is -2.59. The van der Waals surface area contributed by atoms with Crippen molar-refractivity contribution in [3.05, 3.63) is 60.4 Å². The smallest absolute Gasteiger partial charge is 0.328 e. The molecule has 4 atom stereocenters. The van der Waals surface area contributed by atoms with Gasteiger partial charge in [0.2, 0.25) is 29.5 Å². The second kappa shape index (κ2) is 22.6. The van der Waals surface area contributed by atoms with Crippen LogP contribution in [0.5, 0.6) is 0 Å². The number of rotatable bonds is 3. The van der Waals surface area contributed by atoms with Crippen LogP contribution >= 0.6 is 0 Å². The fourth-order valence-electron chi connectivity index (χ4n) is 6.67. The molecule has 0 aliphatic carbocycles. The number of fused-ring (bicyclic) bond motifs is 3. The Kier molecular flexibility index (Phi) is 18.0. The molecule has 6 rings (SSSR count). The second-order valence-electron chi connectivity index (χ2n) is 13.3. The Morgan fingerprint density at radius 2 is 1.42 bits per heavy atom. The Morgan fingerprint density at radius 3 is 2.05 bits per heavy atom. The largest absolute Gasteiger partial charge is 0.464 e. The molecule has 7 amide bonds. The highest BCUT2D eigenvalue weighted by molar-refractivity contribution is 5.96. The van der Waals surface area contributed by atoms with E-state index in [4.69, 9.17) is 10.5 Å². The van der Waals surface area contributed by atoms with E-state index in [1.807, 2.05) is 32.0 Å². The molecule has 300 valence electrons. The van der Waals surface area contributed by atoms with E-state index in [9.17, 15) is 33.6 Å². The highest BCUT2D eigenvalue weighted by Crippen LogP contribution is 2.26. The fourth-order valence-corrected chi connectivity index (χ4v) is 6.67. The molecule has 4 unspecified atom stereocenters. The molecule has 0 spiro atoms. The summed E-state index contributed by atoms with van der Waals surface area (Å²) in [7, 11) is 0. The zero-order chi connectivity index (χ0) is 40.3. The van der Waals surface area contributed by atoms with Crippen molar-refractivity contribution >= 4 is 47.2 Å². The van der Waals surface area contributed by atoms with Crippen molar-refractivity contribution in [2.24, 2.45) is 5.73 Å². The Balaban J connectivity index is 0.000000289. The van der Waals surface area contributed by atoms with Gasteiger partial charge in [0, 0.05) is 37.7 Å². The van der Waals surface area contributed by atoms with Gasteiger partial charge in [-0.25, -0.2) is 9.59 Å². The first kappa shape index (κ1) is 43.9. The number of esters is 1. The van der Waals surface area contributed by atoms with Gasteiger partial charge in [0.15, 0.2) is 0 Å². The maximum Gasteiger partial charge on any atom is 0.328 e. The number of carbonyl (C=O) groups is 7. The SMILES string of the molecule is CC.CC1NC(=O)C2CCCCN2C(=O)C2CCCN2C(=O)CCOC(=O)C2CCCN2C1=O.Cc1ccccc1.NC(=O)CNC(=O)Nc1ccncc1. The summed E-state index contributed by atoms with van der Waals surface area (Å²) in [6.07, 6.45) is 7.68. The lowest BCUT2D eigenvalue weighted by atomic mass is 9.99. The number of piperidine rings is 1. The van der Waals surface area contributed by atoms with Crippen molar-refractivity contribution in [3.8, 4) is 0 Å². The van der Waals surface area contributed by atoms with Crippen molar-refractivity contribution in [2.75, 3.05) is 38.1 Å². The van der Waals surface area contributed by atoms with Crippen LogP contribution in [0.1, 0.15) is 77.7 Å². The summed E-state index contributed by atoms with van der Waals surface area (Å²) in [5.74, 6) is -2.25. The number of nitrogens with one attached hydrogen (secondary N) is 3. The van der Waals surface area contributed by atoms with E-state index in [1.165, 1.54) is 10.5 Å². The van der Waals surface area contributed by atoms with Crippen molar-refractivity contribution < 1.29 is 38.3 Å². The predicted molar refractivity (Wildman–Crippen MR) is 205 cm³/mol. The number of carbonyl (C=O) groups excluding carboxylic acids is 7. The molecule has 1 aromatic heterocycles. The number of nitrogens with zero attached hydrogens (tertiary/aromatic N) is 4. The highest BCUT2D eigenvalue weighted by Gasteiger charge is 2.43. The summed E-state index contributed by atoms with van der Waals surface area (Å²) in [4.78, 5) is 94.7. The van der Waals surface area contributed by atoms with E-state index in [2.05, 4.69) is 40.0 Å². The van der Waals surface area contributed by atoms with Gasteiger partial charge in [-0.3, -0.25) is 29.0 Å². The normalized spacial score (nSPS) is 22.7. The van der Waals surface area contributed by atoms with Crippen molar-refractivity contribution in [1.29, 1.82) is 0 Å². The average Bonchev–Trinajstić information content (AvgIpc) is 3.89. The molecule has 5 heterocycles. The van der Waals surface area contributed by atoms with Crippen molar-refractivity contribution in [1.82, 2.24) is 30.3 Å². The number of primary amides is 1. The third kappa shape index (κ3) is 13.4. The molecule has 1 aromatic carbocycles. The van der Waals surface area contributed by atoms with Crippen molar-refractivity contribution in [3.63, 3.8) is 0 Å². The van der Waals surface area contributed by atoms with Gasteiger partial charge in [0.1, 0.15) is 30.8 Å². The van der Waals surface area contributed by atoms with Gasteiger partial charge in [0.05, 0.1) is 13.0 Å². The fraction of sp³-hybridized carbons (Fsp3) is 0.538. The molecule has 4 aliphatic rings. The van der Waals surface area contributed by atoms with Crippen LogP contribution in [0.25, 0.3) is 0 Å². The minimum Gasteiger partial charge on any atom is -0.464 e. The van der Waals surface area contributed by atoms with E-state index in [0.717, 1.165) is 19.3 Å². The van der Waals surface area contributed by atoms with Crippen LogP contribution in [-0.4, -0.2) is 118 Å². The summed E-state index contributed by atoms with van der Waals surface area (Å²) >= 11 is 0. The molecule has 0 radical (unpaired) electrons. The third-order valence-corrected chi connectivity index (χ3v) is 9.35. The number of aromatic nitrogens is 1. The van der Waals surface area contributed by atoms with Crippen LogP contribution in [0.4, 0.5) is 10.5 Å². The highest BCUT2D eigenvalue weighted by atomic mass is 16.5. The summed E-state index contributed by atoms with van der Waals surface area (Å²) in [5, 5.41) is 7.56. The van der Waals surface area contributed by atoms with Crippen LogP contribution in [0.2, 0.25) is 0 Å². The standard InChI is InChI=1S/C22H32N4O6.C8H10N4O2.C7H8.C2H6/c1-14-20(29)26-12-5-8-17(26)22(31)32-13-9-18(27)24-11-4-7-16(24)21(30)25-10-3-2-6-15(25)19(28)23-14;9-7(13)5-11-8(14)12-6-1-3-10-4-2-6;1-7-5-3-2-4-6-7;1-2/h14-17H,2-13H2,1H3,(H,23,28);1-4H,5H2,(H2,9,13)(H2,10,11,12,14);2-6H,1H3;1-2H3. The summed E-state index contributed by atoms with van der Waals surface area (Å²) in [6.45, 7) is 8.79. The van der Waals surface area contributed by atoms with Crippen LogP contribution in [0.3, 0.4) is 0 Å². The van der Waals surface area contributed by atoms with Gasteiger partial charge in [0.25, 0.3) is 0 Å². The lowest BCUT2D eigenvalue weighted by molar-refractivity contribution is -0.156. The average molecular weight is 765 g/mol. The molecular weight excluding hydrogens is 708 g/mol. The van der Waals surface area contributed by atoms with Crippen molar-refractivity contribution in [2.45, 2.75) is 103 Å². The monoisotopic (exact) mass is 764 g/mol.